The molecule has 0 saturated heterocycles. The highest BCUT2D eigenvalue weighted by Crippen LogP contribution is 2.15. The van der Waals surface area contributed by atoms with E-state index < -0.39 is 0 Å². The summed E-state index contributed by atoms with van der Waals surface area (Å²) in [5.74, 6) is 0.0398. The number of hydrogen-bond acceptors (Lipinski definition) is 5. The molecule has 154 valence electrons. The van der Waals surface area contributed by atoms with Crippen LogP contribution in [-0.2, 0) is 0 Å². The lowest BCUT2D eigenvalue weighted by Crippen LogP contribution is -2.35. The van der Waals surface area contributed by atoms with Gasteiger partial charge < -0.3 is 20.5 Å². The number of para-hydroxylation sites is 1. The minimum Gasteiger partial charge on any atom is -0.494 e. The maximum Gasteiger partial charge on any atom is 0.257 e. The van der Waals surface area contributed by atoms with E-state index in [1.165, 1.54) is 0 Å². The van der Waals surface area contributed by atoms with Gasteiger partial charge in [-0.25, -0.2) is 0 Å². The summed E-state index contributed by atoms with van der Waals surface area (Å²) in [6.45, 7) is 3.00. The van der Waals surface area contributed by atoms with Gasteiger partial charge in [0.25, 0.3) is 11.8 Å². The Morgan fingerprint density at radius 1 is 1.07 bits per heavy atom. The van der Waals surface area contributed by atoms with Crippen molar-refractivity contribution >= 4 is 34.8 Å². The normalized spacial score (nSPS) is 10.1. The molecule has 8 heteroatoms. The molecule has 7 nitrogen and oxygen atoms in total. The van der Waals surface area contributed by atoms with Gasteiger partial charge in [0.05, 0.1) is 17.9 Å². The van der Waals surface area contributed by atoms with Gasteiger partial charge in [-0.1, -0.05) is 19.1 Å². The number of thiocarbonyl (C=S) groups is 1. The maximum absolute atomic E-state index is 12.4. The minimum atomic E-state index is -0.366. The van der Waals surface area contributed by atoms with E-state index in [-0.39, 0.29) is 23.5 Å². The van der Waals surface area contributed by atoms with Crippen LogP contribution < -0.4 is 20.7 Å². The number of aliphatic hydroxyl groups is 1. The number of rotatable bonds is 9. The van der Waals surface area contributed by atoms with Gasteiger partial charge >= 0.3 is 0 Å². The van der Waals surface area contributed by atoms with Crippen LogP contribution in [0.1, 0.15) is 40.5 Å². The van der Waals surface area contributed by atoms with E-state index in [0.29, 0.717) is 42.1 Å². The topological polar surface area (TPSA) is 99.7 Å². The first-order valence-electron chi connectivity index (χ1n) is 9.38. The fourth-order valence-corrected chi connectivity index (χ4v) is 2.62. The first kappa shape index (κ1) is 22.3. The second-order valence-corrected chi connectivity index (χ2v) is 6.57. The van der Waals surface area contributed by atoms with Crippen molar-refractivity contribution in [3.63, 3.8) is 0 Å². The SMILES string of the molecule is CCCOc1ccc(C(=O)NC(=S)Nc2ccccc2C(=O)NCCCO)cc1. The van der Waals surface area contributed by atoms with E-state index in [0.717, 1.165) is 6.42 Å². The standard InChI is InChI=1S/C21H25N3O4S/c1-2-14-28-16-10-8-15(9-11-16)19(26)24-21(29)23-18-7-4-3-6-17(18)20(27)22-12-5-13-25/h3-4,6-11,25H,2,5,12-14H2,1H3,(H,22,27)(H2,23,24,26,29). The Labute approximate surface area is 175 Å². The summed E-state index contributed by atoms with van der Waals surface area (Å²) in [5.41, 5.74) is 1.30. The summed E-state index contributed by atoms with van der Waals surface area (Å²) in [7, 11) is 0. The van der Waals surface area contributed by atoms with Crippen molar-refractivity contribution in [1.29, 1.82) is 0 Å². The van der Waals surface area contributed by atoms with Gasteiger partial charge in [-0.15, -0.1) is 0 Å². The van der Waals surface area contributed by atoms with Crippen LogP contribution in [0.4, 0.5) is 5.69 Å². The molecule has 0 bridgehead atoms. The fraction of sp³-hybridized carbons (Fsp3) is 0.286. The number of benzene rings is 2. The summed E-state index contributed by atoms with van der Waals surface area (Å²) in [5, 5.41) is 17.1. The number of anilines is 1. The Bertz CT molecular complexity index is 840. The van der Waals surface area contributed by atoms with Crippen molar-refractivity contribution in [2.75, 3.05) is 25.1 Å². The molecular weight excluding hydrogens is 390 g/mol. The molecular formula is C21H25N3O4S. The third kappa shape index (κ3) is 7.17. The molecule has 0 radical (unpaired) electrons. The van der Waals surface area contributed by atoms with Gasteiger partial charge in [0.1, 0.15) is 5.75 Å². The first-order valence-corrected chi connectivity index (χ1v) is 9.79. The van der Waals surface area contributed by atoms with Crippen LogP contribution >= 0.6 is 12.2 Å². The van der Waals surface area contributed by atoms with Gasteiger partial charge in [0.15, 0.2) is 5.11 Å². The van der Waals surface area contributed by atoms with Gasteiger partial charge in [-0.05, 0) is 61.5 Å². The molecule has 0 saturated carbocycles. The largest absolute Gasteiger partial charge is 0.494 e. The van der Waals surface area contributed by atoms with E-state index in [2.05, 4.69) is 16.0 Å². The zero-order valence-corrected chi connectivity index (χ0v) is 17.1. The molecule has 0 aliphatic rings. The van der Waals surface area contributed by atoms with Crippen molar-refractivity contribution in [2.45, 2.75) is 19.8 Å². The van der Waals surface area contributed by atoms with Crippen molar-refractivity contribution in [2.24, 2.45) is 0 Å². The summed E-state index contributed by atoms with van der Waals surface area (Å²) in [6.07, 6.45) is 1.38. The van der Waals surface area contributed by atoms with Crippen LogP contribution in [-0.4, -0.2) is 41.8 Å². The molecule has 2 aromatic carbocycles. The number of hydrogen-bond donors (Lipinski definition) is 4. The van der Waals surface area contributed by atoms with Crippen LogP contribution in [0.15, 0.2) is 48.5 Å². The predicted molar refractivity (Wildman–Crippen MR) is 116 cm³/mol. The number of carbonyl (C=O) groups is 2. The van der Waals surface area contributed by atoms with Crippen LogP contribution in [0.3, 0.4) is 0 Å². The van der Waals surface area contributed by atoms with E-state index in [4.69, 9.17) is 22.1 Å². The molecule has 0 aliphatic heterocycles. The van der Waals surface area contributed by atoms with Crippen molar-refractivity contribution < 1.29 is 19.4 Å². The molecule has 0 spiro atoms. The summed E-state index contributed by atoms with van der Waals surface area (Å²) in [6, 6.07) is 13.6. The molecule has 2 amide bonds. The Kier molecular flexibility index (Phi) is 9.07. The minimum absolute atomic E-state index is 0.00199. The lowest BCUT2D eigenvalue weighted by Gasteiger charge is -2.13. The number of ether oxygens (including phenoxy) is 1. The zero-order valence-electron chi connectivity index (χ0n) is 16.2. The smallest absolute Gasteiger partial charge is 0.257 e. The Hall–Kier alpha value is -2.97. The quantitative estimate of drug-likeness (QED) is 0.371. The molecule has 0 atom stereocenters. The Balaban J connectivity index is 1.96. The van der Waals surface area contributed by atoms with Gasteiger partial charge in [-0.3, -0.25) is 14.9 Å². The third-order valence-corrected chi connectivity index (χ3v) is 4.06. The molecule has 0 aliphatic carbocycles. The summed E-state index contributed by atoms with van der Waals surface area (Å²) >= 11 is 5.22. The lowest BCUT2D eigenvalue weighted by molar-refractivity contribution is 0.0950. The van der Waals surface area contributed by atoms with E-state index in [1.54, 1.807) is 48.5 Å². The predicted octanol–water partition coefficient (Wildman–Crippen LogP) is 2.71. The average molecular weight is 416 g/mol. The Morgan fingerprint density at radius 3 is 2.48 bits per heavy atom. The van der Waals surface area contributed by atoms with E-state index in [1.807, 2.05) is 6.92 Å². The van der Waals surface area contributed by atoms with Gasteiger partial charge in [0, 0.05) is 18.7 Å². The van der Waals surface area contributed by atoms with Gasteiger partial charge in [-0.2, -0.15) is 0 Å². The average Bonchev–Trinajstić information content (AvgIpc) is 2.73. The second-order valence-electron chi connectivity index (χ2n) is 6.16. The van der Waals surface area contributed by atoms with Crippen LogP contribution in [0, 0.1) is 0 Å². The summed E-state index contributed by atoms with van der Waals surface area (Å²) < 4.78 is 5.50. The highest BCUT2D eigenvalue weighted by molar-refractivity contribution is 7.80. The molecule has 0 aromatic heterocycles. The van der Waals surface area contributed by atoms with E-state index in [9.17, 15) is 9.59 Å². The molecule has 2 aromatic rings. The van der Waals surface area contributed by atoms with Crippen LogP contribution in [0.5, 0.6) is 5.75 Å². The van der Waals surface area contributed by atoms with Crippen molar-refractivity contribution in [3.05, 3.63) is 59.7 Å². The molecule has 29 heavy (non-hydrogen) atoms. The maximum atomic E-state index is 12.4. The number of nitrogens with one attached hydrogen (secondary N) is 3. The zero-order chi connectivity index (χ0) is 21.1. The van der Waals surface area contributed by atoms with Crippen LogP contribution in [0.25, 0.3) is 0 Å². The molecule has 0 heterocycles. The van der Waals surface area contributed by atoms with Crippen molar-refractivity contribution in [3.8, 4) is 5.75 Å². The molecule has 0 unspecified atom stereocenters. The van der Waals surface area contributed by atoms with Crippen LogP contribution in [0.2, 0.25) is 0 Å². The first-order chi connectivity index (χ1) is 14.0. The lowest BCUT2D eigenvalue weighted by atomic mass is 10.1. The number of amides is 2. The number of aliphatic hydroxyl groups excluding tert-OH is 1. The number of carbonyl (C=O) groups excluding carboxylic acids is 2. The highest BCUT2D eigenvalue weighted by Gasteiger charge is 2.13. The molecule has 4 N–H and O–H groups in total. The fourth-order valence-electron chi connectivity index (χ4n) is 2.42. The third-order valence-electron chi connectivity index (χ3n) is 3.86. The van der Waals surface area contributed by atoms with Gasteiger partial charge in [0.2, 0.25) is 0 Å². The highest BCUT2D eigenvalue weighted by atomic mass is 32.1. The second kappa shape index (κ2) is 11.8. The molecule has 0 fully saturated rings. The van der Waals surface area contributed by atoms with E-state index >= 15 is 0 Å². The Morgan fingerprint density at radius 2 is 1.79 bits per heavy atom. The summed E-state index contributed by atoms with van der Waals surface area (Å²) in [4.78, 5) is 24.7. The monoisotopic (exact) mass is 415 g/mol. The molecule has 2 rings (SSSR count). The van der Waals surface area contributed by atoms with Crippen molar-refractivity contribution in [1.82, 2.24) is 10.6 Å².